The van der Waals surface area contributed by atoms with E-state index in [9.17, 15) is 0 Å². The third kappa shape index (κ3) is 4.69. The van der Waals surface area contributed by atoms with Crippen molar-refractivity contribution in [1.29, 1.82) is 0 Å². The van der Waals surface area contributed by atoms with Crippen molar-refractivity contribution in [3.63, 3.8) is 0 Å². The molecule has 2 heterocycles. The quantitative estimate of drug-likeness (QED) is 0.567. The van der Waals surface area contributed by atoms with Crippen LogP contribution in [-0.4, -0.2) is 15.0 Å². The van der Waals surface area contributed by atoms with Gasteiger partial charge < -0.3 is 16.4 Å². The van der Waals surface area contributed by atoms with Crippen LogP contribution in [0.5, 0.6) is 0 Å². The molecule has 0 aliphatic carbocycles. The summed E-state index contributed by atoms with van der Waals surface area (Å²) in [6.45, 7) is 2.80. The molecule has 0 unspecified atom stereocenters. The van der Waals surface area contributed by atoms with Crippen molar-refractivity contribution in [2.75, 3.05) is 16.4 Å². The highest BCUT2D eigenvalue weighted by atomic mass is 15.1. The number of anilines is 4. The summed E-state index contributed by atoms with van der Waals surface area (Å²) in [6.07, 6.45) is 8.57. The normalized spacial score (nSPS) is 10.5. The monoisotopic (exact) mass is 348 g/mol. The topological polar surface area (TPSA) is 88.8 Å². The van der Waals surface area contributed by atoms with Crippen LogP contribution in [0.4, 0.5) is 23.0 Å². The van der Waals surface area contributed by atoms with Crippen LogP contribution in [0.25, 0.3) is 0 Å². The Labute approximate surface area is 153 Å². The number of aromatic nitrogens is 3. The predicted octanol–water partition coefficient (Wildman–Crippen LogP) is 4.15. The molecular weight excluding hydrogens is 324 g/mol. The molecule has 3 rings (SSSR count). The van der Waals surface area contributed by atoms with Gasteiger partial charge in [0.1, 0.15) is 12.0 Å². The number of aryl methyl sites for hydroxylation is 1. The summed E-state index contributed by atoms with van der Waals surface area (Å²) < 4.78 is 0. The maximum Gasteiger partial charge on any atom is 0.159 e. The molecule has 6 heteroatoms. The van der Waals surface area contributed by atoms with Gasteiger partial charge in [0.25, 0.3) is 0 Å². The average molecular weight is 348 g/mol. The van der Waals surface area contributed by atoms with E-state index in [0.29, 0.717) is 23.9 Å². The van der Waals surface area contributed by atoms with Crippen LogP contribution in [0.1, 0.15) is 30.9 Å². The van der Waals surface area contributed by atoms with Gasteiger partial charge in [0.15, 0.2) is 11.6 Å². The molecule has 0 atom stereocenters. The molecule has 3 aromatic rings. The lowest BCUT2D eigenvalue weighted by Gasteiger charge is -2.13. The minimum Gasteiger partial charge on any atom is -0.393 e. The number of hydrogen-bond donors (Lipinski definition) is 3. The Morgan fingerprint density at radius 2 is 1.81 bits per heavy atom. The molecule has 0 amide bonds. The first-order valence-corrected chi connectivity index (χ1v) is 8.85. The van der Waals surface area contributed by atoms with Gasteiger partial charge in [-0.25, -0.2) is 9.97 Å². The second kappa shape index (κ2) is 8.80. The van der Waals surface area contributed by atoms with Crippen molar-refractivity contribution >= 4 is 23.0 Å². The fraction of sp³-hybridized carbons (Fsp3) is 0.250. The Morgan fingerprint density at radius 3 is 2.54 bits per heavy atom. The molecule has 134 valence electrons. The van der Waals surface area contributed by atoms with Crippen LogP contribution in [0.15, 0.2) is 55.1 Å². The summed E-state index contributed by atoms with van der Waals surface area (Å²) in [4.78, 5) is 12.6. The number of rotatable bonds is 8. The van der Waals surface area contributed by atoms with Gasteiger partial charge in [0, 0.05) is 24.6 Å². The molecule has 0 fully saturated rings. The maximum absolute atomic E-state index is 6.23. The van der Waals surface area contributed by atoms with Crippen molar-refractivity contribution in [3.05, 3.63) is 66.2 Å². The van der Waals surface area contributed by atoms with Gasteiger partial charge in [-0.2, -0.15) is 0 Å². The second-order valence-electron chi connectivity index (χ2n) is 6.12. The summed E-state index contributed by atoms with van der Waals surface area (Å²) in [5.41, 5.74) is 10.1. The molecule has 0 radical (unpaired) electrons. The first-order chi connectivity index (χ1) is 12.8. The van der Waals surface area contributed by atoms with Gasteiger partial charge in [-0.1, -0.05) is 31.5 Å². The van der Waals surface area contributed by atoms with Gasteiger partial charge in [-0.15, -0.1) is 0 Å². The molecule has 4 N–H and O–H groups in total. The van der Waals surface area contributed by atoms with Crippen molar-refractivity contribution in [1.82, 2.24) is 15.0 Å². The molecule has 0 spiro atoms. The van der Waals surface area contributed by atoms with E-state index in [1.807, 2.05) is 18.3 Å². The van der Waals surface area contributed by atoms with Crippen molar-refractivity contribution in [2.45, 2.75) is 32.7 Å². The highest BCUT2D eigenvalue weighted by Gasteiger charge is 2.08. The van der Waals surface area contributed by atoms with Crippen molar-refractivity contribution in [2.24, 2.45) is 0 Å². The summed E-state index contributed by atoms with van der Waals surface area (Å²) >= 11 is 0. The zero-order chi connectivity index (χ0) is 18.2. The molecule has 0 saturated heterocycles. The number of nitrogens with zero attached hydrogens (tertiary/aromatic N) is 3. The Balaban J connectivity index is 1.66. The third-order valence-corrected chi connectivity index (χ3v) is 4.10. The minimum atomic E-state index is 0.492. The highest BCUT2D eigenvalue weighted by Crippen LogP contribution is 2.26. The Kier molecular flexibility index (Phi) is 5.98. The molecule has 0 aliphatic rings. The first kappa shape index (κ1) is 17.7. The third-order valence-electron chi connectivity index (χ3n) is 4.10. The Morgan fingerprint density at radius 1 is 1.00 bits per heavy atom. The van der Waals surface area contributed by atoms with E-state index in [0.717, 1.165) is 17.7 Å². The summed E-state index contributed by atoms with van der Waals surface area (Å²) in [6, 6.07) is 12.3. The summed E-state index contributed by atoms with van der Waals surface area (Å²) in [7, 11) is 0. The summed E-state index contributed by atoms with van der Waals surface area (Å²) in [5, 5.41) is 6.50. The van der Waals surface area contributed by atoms with E-state index < -0.39 is 0 Å². The molecule has 0 aliphatic heterocycles. The van der Waals surface area contributed by atoms with Crippen LogP contribution >= 0.6 is 0 Å². The average Bonchev–Trinajstić information content (AvgIpc) is 2.69. The van der Waals surface area contributed by atoms with Gasteiger partial charge in [0.05, 0.1) is 0 Å². The molecule has 2 aromatic heterocycles. The first-order valence-electron chi connectivity index (χ1n) is 8.85. The van der Waals surface area contributed by atoms with Gasteiger partial charge in [-0.05, 0) is 42.2 Å². The van der Waals surface area contributed by atoms with Crippen molar-refractivity contribution in [3.8, 4) is 0 Å². The molecule has 0 bridgehead atoms. The second-order valence-corrected chi connectivity index (χ2v) is 6.12. The number of pyridine rings is 1. The van der Waals surface area contributed by atoms with E-state index in [4.69, 9.17) is 5.73 Å². The standard InChI is InChI=1S/C20H24N6/c1-2-3-5-15-7-9-17(10-8-15)26-20-18(21)19(24-14-25-20)23-13-16-6-4-11-22-12-16/h4,6-12,14H,2-3,5,13,21H2,1H3,(H2,23,24,25,26). The van der Waals surface area contributed by atoms with Crippen LogP contribution in [0.3, 0.4) is 0 Å². The number of unbranched alkanes of at least 4 members (excludes halogenated alkanes) is 1. The van der Waals surface area contributed by atoms with Crippen molar-refractivity contribution < 1.29 is 0 Å². The highest BCUT2D eigenvalue weighted by molar-refractivity contribution is 5.77. The van der Waals surface area contributed by atoms with Crippen LogP contribution in [0, 0.1) is 0 Å². The lowest BCUT2D eigenvalue weighted by atomic mass is 10.1. The van der Waals surface area contributed by atoms with E-state index >= 15 is 0 Å². The number of nitrogens with two attached hydrogens (primary N) is 1. The Hall–Kier alpha value is -3.15. The van der Waals surface area contributed by atoms with Crippen LogP contribution in [0.2, 0.25) is 0 Å². The molecule has 26 heavy (non-hydrogen) atoms. The van der Waals surface area contributed by atoms with Crippen LogP contribution in [-0.2, 0) is 13.0 Å². The van der Waals surface area contributed by atoms with E-state index in [1.165, 1.54) is 24.7 Å². The van der Waals surface area contributed by atoms with Gasteiger partial charge >= 0.3 is 0 Å². The van der Waals surface area contributed by atoms with Gasteiger partial charge in [-0.3, -0.25) is 4.98 Å². The van der Waals surface area contributed by atoms with Crippen LogP contribution < -0.4 is 16.4 Å². The molecule has 0 saturated carbocycles. The number of hydrogen-bond acceptors (Lipinski definition) is 6. The number of benzene rings is 1. The number of nitrogen functional groups attached to an aromatic ring is 1. The predicted molar refractivity (Wildman–Crippen MR) is 106 cm³/mol. The lowest BCUT2D eigenvalue weighted by molar-refractivity contribution is 0.795. The molecule has 1 aromatic carbocycles. The number of nitrogens with one attached hydrogen (secondary N) is 2. The van der Waals surface area contributed by atoms with E-state index in [-0.39, 0.29) is 0 Å². The lowest BCUT2D eigenvalue weighted by Crippen LogP contribution is -2.08. The van der Waals surface area contributed by atoms with E-state index in [2.05, 4.69) is 56.8 Å². The molecule has 6 nitrogen and oxygen atoms in total. The largest absolute Gasteiger partial charge is 0.393 e. The summed E-state index contributed by atoms with van der Waals surface area (Å²) in [5.74, 6) is 1.20. The zero-order valence-electron chi connectivity index (χ0n) is 14.9. The minimum absolute atomic E-state index is 0.492. The fourth-order valence-electron chi connectivity index (χ4n) is 2.60. The smallest absolute Gasteiger partial charge is 0.159 e. The van der Waals surface area contributed by atoms with Gasteiger partial charge in [0.2, 0.25) is 0 Å². The SMILES string of the molecule is CCCCc1ccc(Nc2ncnc(NCc3cccnc3)c2N)cc1. The Bertz CT molecular complexity index is 817. The zero-order valence-corrected chi connectivity index (χ0v) is 14.9. The van der Waals surface area contributed by atoms with E-state index in [1.54, 1.807) is 6.20 Å². The maximum atomic E-state index is 6.23. The fourth-order valence-corrected chi connectivity index (χ4v) is 2.60. The molecular formula is C20H24N6.